The van der Waals surface area contributed by atoms with Gasteiger partial charge >= 0.3 is 5.69 Å². The lowest BCUT2D eigenvalue weighted by molar-refractivity contribution is -0.385. The van der Waals surface area contributed by atoms with Gasteiger partial charge in [-0.05, 0) is 37.7 Å². The number of nitrogens with zero attached hydrogens (tertiary/aromatic N) is 2. The van der Waals surface area contributed by atoms with Crippen LogP contribution in [0.15, 0.2) is 36.5 Å². The molecule has 0 bridgehead atoms. The maximum atomic E-state index is 13.1. The number of nitro benzene ring substituents is 1. The number of pyridine rings is 1. The molecule has 1 N–H and O–H groups in total. The molecule has 1 heterocycles. The van der Waals surface area contributed by atoms with Gasteiger partial charge < -0.3 is 10.1 Å². The first-order chi connectivity index (χ1) is 10.0. The lowest BCUT2D eigenvalue weighted by Gasteiger charge is -2.11. The van der Waals surface area contributed by atoms with E-state index in [0.29, 0.717) is 0 Å². The zero-order valence-corrected chi connectivity index (χ0v) is 11.5. The van der Waals surface area contributed by atoms with E-state index in [1.54, 1.807) is 12.3 Å². The summed E-state index contributed by atoms with van der Waals surface area (Å²) >= 11 is 0. The molecule has 0 saturated heterocycles. The van der Waals surface area contributed by atoms with E-state index in [-0.39, 0.29) is 17.7 Å². The fourth-order valence-electron chi connectivity index (χ4n) is 1.75. The van der Waals surface area contributed by atoms with E-state index in [9.17, 15) is 14.5 Å². The van der Waals surface area contributed by atoms with Crippen molar-refractivity contribution in [2.24, 2.45) is 0 Å². The molecule has 110 valence electrons. The number of halogens is 1. The van der Waals surface area contributed by atoms with E-state index >= 15 is 0 Å². The van der Waals surface area contributed by atoms with Gasteiger partial charge in [0.05, 0.1) is 11.0 Å². The predicted molar refractivity (Wildman–Crippen MR) is 74.8 cm³/mol. The van der Waals surface area contributed by atoms with Gasteiger partial charge in [-0.2, -0.15) is 0 Å². The third kappa shape index (κ3) is 3.51. The van der Waals surface area contributed by atoms with E-state index in [1.807, 2.05) is 20.0 Å². The number of rotatable bonds is 5. The summed E-state index contributed by atoms with van der Waals surface area (Å²) in [5.74, 6) is -0.535. The number of hydrogen-bond donors (Lipinski definition) is 1. The summed E-state index contributed by atoms with van der Waals surface area (Å²) in [5.41, 5.74) is 0.483. The lowest BCUT2D eigenvalue weighted by Crippen LogP contribution is -2.12. The standard InChI is InChI=1S/C14H14FN3O3/c1-9(16-2)10-5-6-17-14(7-10)21-13-4-3-11(15)8-12(13)18(19)20/h3-9,16H,1-2H3. The molecule has 0 amide bonds. The number of nitro groups is 1. The summed E-state index contributed by atoms with van der Waals surface area (Å²) in [7, 11) is 1.82. The van der Waals surface area contributed by atoms with Gasteiger partial charge in [0.2, 0.25) is 11.6 Å². The predicted octanol–water partition coefficient (Wildman–Crippen LogP) is 3.20. The van der Waals surface area contributed by atoms with Crippen LogP contribution in [0.25, 0.3) is 0 Å². The van der Waals surface area contributed by atoms with Crippen LogP contribution in [0, 0.1) is 15.9 Å². The Bertz CT molecular complexity index is 664. The Kier molecular flexibility index (Phi) is 4.44. The highest BCUT2D eigenvalue weighted by atomic mass is 19.1. The summed E-state index contributed by atoms with van der Waals surface area (Å²) in [6.45, 7) is 1.96. The monoisotopic (exact) mass is 291 g/mol. The van der Waals surface area contributed by atoms with E-state index in [4.69, 9.17) is 4.74 Å². The van der Waals surface area contributed by atoms with Gasteiger partial charge in [-0.15, -0.1) is 0 Å². The maximum Gasteiger partial charge on any atom is 0.314 e. The van der Waals surface area contributed by atoms with Crippen LogP contribution in [0.2, 0.25) is 0 Å². The first kappa shape index (κ1) is 14.9. The van der Waals surface area contributed by atoms with Crippen LogP contribution in [0.4, 0.5) is 10.1 Å². The number of hydrogen-bond acceptors (Lipinski definition) is 5. The third-order valence-corrected chi connectivity index (χ3v) is 3.02. The Morgan fingerprint density at radius 1 is 1.38 bits per heavy atom. The van der Waals surface area contributed by atoms with E-state index < -0.39 is 16.4 Å². The van der Waals surface area contributed by atoms with Crippen LogP contribution < -0.4 is 10.1 Å². The van der Waals surface area contributed by atoms with Crippen molar-refractivity contribution in [1.29, 1.82) is 0 Å². The summed E-state index contributed by atoms with van der Waals surface area (Å²) in [4.78, 5) is 14.2. The van der Waals surface area contributed by atoms with Crippen LogP contribution in [0.1, 0.15) is 18.5 Å². The van der Waals surface area contributed by atoms with Crippen molar-refractivity contribution >= 4 is 5.69 Å². The van der Waals surface area contributed by atoms with Gasteiger partial charge in [0.25, 0.3) is 0 Å². The Hall–Kier alpha value is -2.54. The minimum atomic E-state index is -0.696. The van der Waals surface area contributed by atoms with Gasteiger partial charge in [-0.1, -0.05) is 0 Å². The molecule has 1 aromatic carbocycles. The van der Waals surface area contributed by atoms with Crippen LogP contribution in [0.3, 0.4) is 0 Å². The molecule has 0 spiro atoms. The van der Waals surface area contributed by atoms with Crippen molar-refractivity contribution in [3.05, 3.63) is 58.0 Å². The van der Waals surface area contributed by atoms with Crippen LogP contribution in [-0.4, -0.2) is 17.0 Å². The van der Waals surface area contributed by atoms with Gasteiger partial charge in [-0.3, -0.25) is 10.1 Å². The Morgan fingerprint density at radius 3 is 2.81 bits per heavy atom. The number of benzene rings is 1. The highest BCUT2D eigenvalue weighted by Gasteiger charge is 2.17. The molecule has 6 nitrogen and oxygen atoms in total. The number of aromatic nitrogens is 1. The van der Waals surface area contributed by atoms with Crippen molar-refractivity contribution in [3.63, 3.8) is 0 Å². The minimum absolute atomic E-state index is 0.0526. The molecule has 1 unspecified atom stereocenters. The molecule has 2 rings (SSSR count). The van der Waals surface area contributed by atoms with Crippen LogP contribution in [0.5, 0.6) is 11.6 Å². The van der Waals surface area contributed by atoms with E-state index in [1.165, 1.54) is 6.07 Å². The quantitative estimate of drug-likeness (QED) is 0.676. The molecule has 0 radical (unpaired) electrons. The van der Waals surface area contributed by atoms with Gasteiger partial charge in [0.15, 0.2) is 0 Å². The Labute approximate surface area is 120 Å². The van der Waals surface area contributed by atoms with Crippen LogP contribution >= 0.6 is 0 Å². The van der Waals surface area contributed by atoms with Gasteiger partial charge in [0.1, 0.15) is 5.82 Å². The highest BCUT2D eigenvalue weighted by Crippen LogP contribution is 2.31. The molecule has 0 fully saturated rings. The molecule has 1 aromatic heterocycles. The molecule has 2 aromatic rings. The molecular weight excluding hydrogens is 277 g/mol. The average molecular weight is 291 g/mol. The second-order valence-corrected chi connectivity index (χ2v) is 4.41. The Morgan fingerprint density at radius 2 is 2.14 bits per heavy atom. The topological polar surface area (TPSA) is 77.3 Å². The normalized spacial score (nSPS) is 12.0. The molecule has 1 atom stereocenters. The maximum absolute atomic E-state index is 13.1. The summed E-state index contributed by atoms with van der Waals surface area (Å²) in [6.07, 6.45) is 1.55. The summed E-state index contributed by atoms with van der Waals surface area (Å²) < 4.78 is 18.5. The van der Waals surface area contributed by atoms with E-state index in [2.05, 4.69) is 10.3 Å². The molecule has 0 aliphatic carbocycles. The van der Waals surface area contributed by atoms with Crippen molar-refractivity contribution in [3.8, 4) is 11.6 Å². The second kappa shape index (κ2) is 6.27. The molecule has 0 saturated carbocycles. The highest BCUT2D eigenvalue weighted by molar-refractivity contribution is 5.48. The van der Waals surface area contributed by atoms with Gasteiger partial charge in [0, 0.05) is 18.3 Å². The zero-order valence-electron chi connectivity index (χ0n) is 11.5. The summed E-state index contributed by atoms with van der Waals surface area (Å²) in [5, 5.41) is 14.0. The largest absolute Gasteiger partial charge is 0.432 e. The van der Waals surface area contributed by atoms with Crippen LogP contribution in [-0.2, 0) is 0 Å². The fourth-order valence-corrected chi connectivity index (χ4v) is 1.75. The number of ether oxygens (including phenoxy) is 1. The minimum Gasteiger partial charge on any atom is -0.432 e. The van der Waals surface area contributed by atoms with Crippen molar-refractivity contribution in [1.82, 2.24) is 10.3 Å². The molecular formula is C14H14FN3O3. The number of nitrogens with one attached hydrogen (secondary N) is 1. The lowest BCUT2D eigenvalue weighted by atomic mass is 10.1. The van der Waals surface area contributed by atoms with Crippen molar-refractivity contribution in [2.45, 2.75) is 13.0 Å². The molecule has 21 heavy (non-hydrogen) atoms. The Balaban J connectivity index is 2.32. The average Bonchev–Trinajstić information content (AvgIpc) is 2.48. The molecule has 7 heteroatoms. The first-order valence-electron chi connectivity index (χ1n) is 6.26. The zero-order chi connectivity index (χ0) is 15.4. The summed E-state index contributed by atoms with van der Waals surface area (Å²) in [6, 6.07) is 6.70. The fraction of sp³-hybridized carbons (Fsp3) is 0.214. The van der Waals surface area contributed by atoms with Gasteiger partial charge in [-0.25, -0.2) is 9.37 Å². The first-order valence-corrected chi connectivity index (χ1v) is 6.26. The molecule has 0 aliphatic heterocycles. The van der Waals surface area contributed by atoms with Crippen molar-refractivity contribution < 1.29 is 14.1 Å². The second-order valence-electron chi connectivity index (χ2n) is 4.41. The molecule has 0 aliphatic rings. The third-order valence-electron chi connectivity index (χ3n) is 3.02. The van der Waals surface area contributed by atoms with Crippen molar-refractivity contribution in [2.75, 3.05) is 7.05 Å². The SMILES string of the molecule is CNC(C)c1ccnc(Oc2ccc(F)cc2[N+](=O)[O-])c1. The smallest absolute Gasteiger partial charge is 0.314 e. The van der Waals surface area contributed by atoms with E-state index in [0.717, 1.165) is 17.7 Å².